The van der Waals surface area contributed by atoms with Crippen molar-refractivity contribution in [1.82, 2.24) is 4.90 Å². The van der Waals surface area contributed by atoms with Crippen molar-refractivity contribution in [1.29, 1.82) is 0 Å². The van der Waals surface area contributed by atoms with E-state index in [1.165, 1.54) is 0 Å². The van der Waals surface area contributed by atoms with Crippen LogP contribution in [0.3, 0.4) is 0 Å². The molecule has 0 unspecified atom stereocenters. The molecule has 2 nitrogen and oxygen atoms in total. The van der Waals surface area contributed by atoms with Gasteiger partial charge in [0.2, 0.25) is 11.8 Å². The third-order valence-corrected chi connectivity index (χ3v) is 1.53. The van der Waals surface area contributed by atoms with E-state index in [2.05, 4.69) is 0 Å². The Morgan fingerprint density at radius 3 is 1.92 bits per heavy atom. The Morgan fingerprint density at radius 2 is 1.67 bits per heavy atom. The van der Waals surface area contributed by atoms with E-state index in [1.807, 2.05) is 0 Å². The van der Waals surface area contributed by atoms with Gasteiger partial charge in [0, 0.05) is 20.0 Å². The van der Waals surface area contributed by atoms with Gasteiger partial charge in [-0.2, -0.15) is 8.78 Å². The molecule has 0 aliphatic heterocycles. The van der Waals surface area contributed by atoms with Crippen LogP contribution in [0.2, 0.25) is 0 Å². The zero-order valence-electron chi connectivity index (χ0n) is 7.53. The van der Waals surface area contributed by atoms with E-state index in [0.29, 0.717) is 13.1 Å². The van der Waals surface area contributed by atoms with Crippen LogP contribution in [0.5, 0.6) is 0 Å². The third kappa shape index (κ3) is 2.60. The van der Waals surface area contributed by atoms with Crippen LogP contribution >= 0.6 is 0 Å². The average molecular weight is 177 g/mol. The third-order valence-electron chi connectivity index (χ3n) is 1.53. The fourth-order valence-electron chi connectivity index (χ4n) is 0.785. The Morgan fingerprint density at radius 1 is 1.25 bits per heavy atom. The molecule has 0 aromatic rings. The molecule has 0 spiro atoms. The second kappa shape index (κ2) is 4.85. The van der Waals surface area contributed by atoms with E-state index < -0.39 is 17.6 Å². The average Bonchev–Trinajstić information content (AvgIpc) is 2.05. The van der Waals surface area contributed by atoms with Gasteiger partial charge in [0.1, 0.15) is 0 Å². The molecule has 0 aromatic heterocycles. The summed E-state index contributed by atoms with van der Waals surface area (Å²) in [5.41, 5.74) is 0. The van der Waals surface area contributed by atoms with Crippen LogP contribution in [0.25, 0.3) is 0 Å². The predicted molar refractivity (Wildman–Crippen MR) is 42.8 cm³/mol. The number of ketones is 1. The molecule has 0 heterocycles. The first kappa shape index (κ1) is 11.1. The van der Waals surface area contributed by atoms with E-state index in [1.54, 1.807) is 13.8 Å². The maximum Gasteiger partial charge on any atom is 0.229 e. The summed E-state index contributed by atoms with van der Waals surface area (Å²) in [6, 6.07) is 0. The van der Waals surface area contributed by atoms with Gasteiger partial charge < -0.3 is 4.90 Å². The fourth-order valence-corrected chi connectivity index (χ4v) is 0.785. The molecule has 0 rings (SSSR count). The molecule has 4 heteroatoms. The first-order valence-corrected chi connectivity index (χ1v) is 3.85. The monoisotopic (exact) mass is 177 g/mol. The summed E-state index contributed by atoms with van der Waals surface area (Å²) < 4.78 is 25.6. The summed E-state index contributed by atoms with van der Waals surface area (Å²) in [6.45, 7) is 5.08. The molecule has 0 aliphatic carbocycles. The standard InChI is InChI=1S/C8H13F2NO/c1-4-11(5-2)8(10)7(9)6(3)12/h4-5H2,1-3H3. The summed E-state index contributed by atoms with van der Waals surface area (Å²) in [5.74, 6) is -3.23. The van der Waals surface area contributed by atoms with Crippen LogP contribution in [0.1, 0.15) is 20.8 Å². The van der Waals surface area contributed by atoms with Crippen LogP contribution in [-0.2, 0) is 4.79 Å². The van der Waals surface area contributed by atoms with Crippen LogP contribution in [0.4, 0.5) is 8.78 Å². The topological polar surface area (TPSA) is 20.3 Å². The second-order valence-electron chi connectivity index (χ2n) is 2.33. The Hall–Kier alpha value is -0.930. The lowest BCUT2D eigenvalue weighted by Gasteiger charge is -2.17. The van der Waals surface area contributed by atoms with Gasteiger partial charge in [0.05, 0.1) is 0 Å². The number of hydrogen-bond donors (Lipinski definition) is 0. The Bertz CT molecular complexity index is 197. The fraction of sp³-hybridized carbons (Fsp3) is 0.625. The molecule has 0 fully saturated rings. The first-order chi connectivity index (χ1) is 5.54. The highest BCUT2D eigenvalue weighted by atomic mass is 19.2. The van der Waals surface area contributed by atoms with Crippen LogP contribution in [0.15, 0.2) is 11.8 Å². The van der Waals surface area contributed by atoms with Gasteiger partial charge >= 0.3 is 0 Å². The summed E-state index contributed by atoms with van der Waals surface area (Å²) in [4.78, 5) is 11.6. The lowest BCUT2D eigenvalue weighted by atomic mass is 10.4. The van der Waals surface area contributed by atoms with Crippen molar-refractivity contribution in [2.75, 3.05) is 13.1 Å². The van der Waals surface area contributed by atoms with Crippen molar-refractivity contribution in [2.45, 2.75) is 20.8 Å². The SMILES string of the molecule is CCN(CC)C(F)=C(F)C(C)=O. The van der Waals surface area contributed by atoms with E-state index in [9.17, 15) is 13.6 Å². The molecular weight excluding hydrogens is 164 g/mol. The number of carbonyl (C=O) groups is 1. The minimum absolute atomic E-state index is 0.350. The molecule has 0 N–H and O–H groups in total. The zero-order chi connectivity index (χ0) is 9.72. The molecule has 70 valence electrons. The van der Waals surface area contributed by atoms with E-state index in [-0.39, 0.29) is 0 Å². The molecule has 0 saturated carbocycles. The predicted octanol–water partition coefficient (Wildman–Crippen LogP) is 2.03. The second-order valence-corrected chi connectivity index (χ2v) is 2.33. The summed E-state index contributed by atoms with van der Waals surface area (Å²) in [5, 5.41) is 0. The number of Topliss-reactive ketones (excluding diaryl/α,β-unsaturated/α-hetero) is 1. The Labute approximate surface area is 70.9 Å². The largest absolute Gasteiger partial charge is 0.347 e. The summed E-state index contributed by atoms with van der Waals surface area (Å²) in [6.07, 6.45) is 0. The molecule has 0 aromatic carbocycles. The van der Waals surface area contributed by atoms with Gasteiger partial charge in [-0.1, -0.05) is 0 Å². The van der Waals surface area contributed by atoms with Crippen molar-refractivity contribution in [2.24, 2.45) is 0 Å². The van der Waals surface area contributed by atoms with Gasteiger partial charge in [-0.15, -0.1) is 0 Å². The van der Waals surface area contributed by atoms with E-state index >= 15 is 0 Å². The maximum atomic E-state index is 12.9. The van der Waals surface area contributed by atoms with Crippen LogP contribution in [0, 0.1) is 0 Å². The lowest BCUT2D eigenvalue weighted by molar-refractivity contribution is -0.115. The molecule has 12 heavy (non-hydrogen) atoms. The number of carbonyl (C=O) groups excluding carboxylic acids is 1. The van der Waals surface area contributed by atoms with Crippen LogP contribution < -0.4 is 0 Å². The normalized spacial score (nSPS) is 12.4. The summed E-state index contributed by atoms with van der Waals surface area (Å²) >= 11 is 0. The Balaban J connectivity index is 4.62. The number of nitrogens with zero attached hydrogens (tertiary/aromatic N) is 1. The van der Waals surface area contributed by atoms with E-state index in [4.69, 9.17) is 0 Å². The highest BCUT2D eigenvalue weighted by Gasteiger charge is 2.15. The minimum Gasteiger partial charge on any atom is -0.347 e. The number of hydrogen-bond acceptors (Lipinski definition) is 2. The van der Waals surface area contributed by atoms with Gasteiger partial charge in [0.15, 0.2) is 5.78 Å². The maximum absolute atomic E-state index is 12.9. The smallest absolute Gasteiger partial charge is 0.229 e. The molecule has 0 aliphatic rings. The zero-order valence-corrected chi connectivity index (χ0v) is 7.53. The van der Waals surface area contributed by atoms with Gasteiger partial charge in [-0.25, -0.2) is 0 Å². The molecule has 0 amide bonds. The van der Waals surface area contributed by atoms with Gasteiger partial charge in [-0.3, -0.25) is 4.79 Å². The molecule has 0 radical (unpaired) electrons. The van der Waals surface area contributed by atoms with Gasteiger partial charge in [-0.05, 0) is 13.8 Å². The highest BCUT2D eigenvalue weighted by molar-refractivity contribution is 5.91. The number of allylic oxidation sites excluding steroid dienone is 1. The van der Waals surface area contributed by atoms with Crippen LogP contribution in [-0.4, -0.2) is 23.8 Å². The van der Waals surface area contributed by atoms with Crippen molar-refractivity contribution in [3.05, 3.63) is 11.8 Å². The lowest BCUT2D eigenvalue weighted by Crippen LogP contribution is -2.21. The van der Waals surface area contributed by atoms with Crippen molar-refractivity contribution in [3.8, 4) is 0 Å². The van der Waals surface area contributed by atoms with E-state index in [0.717, 1.165) is 11.8 Å². The number of rotatable bonds is 4. The number of halogens is 2. The first-order valence-electron chi connectivity index (χ1n) is 3.85. The molecular formula is C8H13F2NO. The van der Waals surface area contributed by atoms with Gasteiger partial charge in [0.25, 0.3) is 0 Å². The molecule has 0 saturated heterocycles. The molecule has 0 bridgehead atoms. The quantitative estimate of drug-likeness (QED) is 0.483. The molecule has 0 atom stereocenters. The minimum atomic E-state index is -1.29. The van der Waals surface area contributed by atoms with Crippen molar-refractivity contribution >= 4 is 5.78 Å². The van der Waals surface area contributed by atoms with Crippen molar-refractivity contribution < 1.29 is 13.6 Å². The Kier molecular flexibility index (Phi) is 4.47. The van der Waals surface area contributed by atoms with Crippen molar-refractivity contribution in [3.63, 3.8) is 0 Å². The summed E-state index contributed by atoms with van der Waals surface area (Å²) in [7, 11) is 0. The highest BCUT2D eigenvalue weighted by Crippen LogP contribution is 2.13.